The molecule has 27 heavy (non-hydrogen) atoms. The summed E-state index contributed by atoms with van der Waals surface area (Å²) in [6.07, 6.45) is 4.77. The van der Waals surface area contributed by atoms with Gasteiger partial charge in [0.05, 0.1) is 0 Å². The molecule has 1 atom stereocenters. The second-order valence-corrected chi connectivity index (χ2v) is 8.69. The van der Waals surface area contributed by atoms with Gasteiger partial charge < -0.3 is 10.1 Å². The molecule has 0 saturated carbocycles. The summed E-state index contributed by atoms with van der Waals surface area (Å²) in [5.41, 5.74) is 2.66. The second kappa shape index (κ2) is 7.38. The molecule has 0 spiro atoms. The maximum atomic E-state index is 12.8. The first-order chi connectivity index (χ1) is 13.0. The molecular formula is C19H21N3O4S. The number of benzene rings is 1. The molecule has 1 aromatic heterocycles. The van der Waals surface area contributed by atoms with Crippen molar-refractivity contribution >= 4 is 21.6 Å². The van der Waals surface area contributed by atoms with Gasteiger partial charge in [-0.25, -0.2) is 8.42 Å². The number of sulfonamides is 1. The van der Waals surface area contributed by atoms with Crippen molar-refractivity contribution < 1.29 is 17.9 Å². The lowest BCUT2D eigenvalue weighted by atomic mass is 10.0. The van der Waals surface area contributed by atoms with Crippen molar-refractivity contribution in [2.45, 2.75) is 36.8 Å². The number of nitrogens with one attached hydrogen (secondary N) is 1. The van der Waals surface area contributed by atoms with E-state index in [-0.39, 0.29) is 17.3 Å². The van der Waals surface area contributed by atoms with Crippen LogP contribution >= 0.6 is 0 Å². The summed E-state index contributed by atoms with van der Waals surface area (Å²) in [7, 11) is -3.59. The van der Waals surface area contributed by atoms with Crippen LogP contribution in [0.4, 0.5) is 5.69 Å². The Balaban J connectivity index is 1.52. The fraction of sp³-hybridized carbons (Fsp3) is 0.368. The average molecular weight is 387 g/mol. The lowest BCUT2D eigenvalue weighted by Gasteiger charge is -2.28. The first-order valence-corrected chi connectivity index (χ1v) is 10.4. The number of ether oxygens (including phenoxy) is 1. The standard InChI is InChI=1S/C19H21N3O4S/c23-19(18-4-2-10-26-18)21-16-6-5-14-7-9-22(13-15(14)11-16)27(24,25)17-3-1-8-20-12-17/h1,3,5-6,8,11-12,18H,2,4,7,9-10,13H2,(H,21,23)/t18-/m0/s1. The molecule has 1 fully saturated rings. The zero-order valence-corrected chi connectivity index (χ0v) is 15.6. The van der Waals surface area contributed by atoms with Crippen molar-refractivity contribution in [1.82, 2.24) is 9.29 Å². The monoisotopic (exact) mass is 387 g/mol. The molecule has 1 amide bonds. The van der Waals surface area contributed by atoms with Crippen LogP contribution in [0.2, 0.25) is 0 Å². The van der Waals surface area contributed by atoms with Gasteiger partial charge in [0.1, 0.15) is 11.0 Å². The van der Waals surface area contributed by atoms with Crippen molar-refractivity contribution in [2.24, 2.45) is 0 Å². The van der Waals surface area contributed by atoms with E-state index in [1.165, 1.54) is 10.5 Å². The Morgan fingerprint density at radius 1 is 1.26 bits per heavy atom. The van der Waals surface area contributed by atoms with Crippen LogP contribution in [-0.2, 0) is 32.5 Å². The van der Waals surface area contributed by atoms with E-state index in [1.54, 1.807) is 18.3 Å². The molecule has 1 N–H and O–H groups in total. The van der Waals surface area contributed by atoms with Gasteiger partial charge in [0.25, 0.3) is 5.91 Å². The van der Waals surface area contributed by atoms with Crippen LogP contribution in [-0.4, -0.2) is 42.9 Å². The number of rotatable bonds is 4. The Morgan fingerprint density at radius 2 is 2.15 bits per heavy atom. The molecule has 0 unspecified atom stereocenters. The van der Waals surface area contributed by atoms with Crippen molar-refractivity contribution in [3.63, 3.8) is 0 Å². The van der Waals surface area contributed by atoms with E-state index in [4.69, 9.17) is 4.74 Å². The lowest BCUT2D eigenvalue weighted by molar-refractivity contribution is -0.124. The van der Waals surface area contributed by atoms with Crippen LogP contribution in [0.25, 0.3) is 0 Å². The second-order valence-electron chi connectivity index (χ2n) is 6.75. The Morgan fingerprint density at radius 3 is 2.89 bits per heavy atom. The molecule has 0 bridgehead atoms. The third-order valence-electron chi connectivity index (χ3n) is 4.95. The number of carbonyl (C=O) groups is 1. The number of pyridine rings is 1. The highest BCUT2D eigenvalue weighted by Crippen LogP contribution is 2.27. The van der Waals surface area contributed by atoms with E-state index < -0.39 is 16.1 Å². The zero-order valence-electron chi connectivity index (χ0n) is 14.8. The van der Waals surface area contributed by atoms with Crippen LogP contribution < -0.4 is 5.32 Å². The normalized spacial score (nSPS) is 20.2. The van der Waals surface area contributed by atoms with Gasteiger partial charge in [0.2, 0.25) is 10.0 Å². The fourth-order valence-electron chi connectivity index (χ4n) is 3.47. The number of nitrogens with zero attached hydrogens (tertiary/aromatic N) is 2. The molecule has 8 heteroatoms. The average Bonchev–Trinajstić information content (AvgIpc) is 3.23. The first kappa shape index (κ1) is 18.1. The Labute approximate surface area is 158 Å². The smallest absolute Gasteiger partial charge is 0.253 e. The van der Waals surface area contributed by atoms with Gasteiger partial charge in [-0.2, -0.15) is 4.31 Å². The maximum absolute atomic E-state index is 12.8. The van der Waals surface area contributed by atoms with Gasteiger partial charge in [-0.15, -0.1) is 0 Å². The molecule has 0 radical (unpaired) electrons. The molecule has 4 rings (SSSR count). The van der Waals surface area contributed by atoms with Gasteiger partial charge in [-0.05, 0) is 54.7 Å². The van der Waals surface area contributed by atoms with Gasteiger partial charge >= 0.3 is 0 Å². The maximum Gasteiger partial charge on any atom is 0.253 e. The largest absolute Gasteiger partial charge is 0.368 e. The number of carbonyl (C=O) groups excluding carboxylic acids is 1. The summed E-state index contributed by atoms with van der Waals surface area (Å²) in [6.45, 7) is 1.31. The Kier molecular flexibility index (Phi) is 4.94. The predicted molar refractivity (Wildman–Crippen MR) is 99.6 cm³/mol. The van der Waals surface area contributed by atoms with E-state index >= 15 is 0 Å². The highest BCUT2D eigenvalue weighted by atomic mass is 32.2. The van der Waals surface area contributed by atoms with Gasteiger partial charge in [0.15, 0.2) is 0 Å². The molecule has 2 aromatic rings. The van der Waals surface area contributed by atoms with Crippen molar-refractivity contribution in [2.75, 3.05) is 18.5 Å². The molecule has 142 valence electrons. The first-order valence-electron chi connectivity index (χ1n) is 8.98. The summed E-state index contributed by atoms with van der Waals surface area (Å²) in [4.78, 5) is 16.3. The van der Waals surface area contributed by atoms with Gasteiger partial charge in [0, 0.05) is 37.8 Å². The van der Waals surface area contributed by atoms with Crippen LogP contribution in [0.5, 0.6) is 0 Å². The predicted octanol–water partition coefficient (Wildman–Crippen LogP) is 1.95. The molecular weight excluding hydrogens is 366 g/mol. The molecule has 2 aliphatic rings. The molecule has 0 aliphatic carbocycles. The number of hydrogen-bond acceptors (Lipinski definition) is 5. The van der Waals surface area contributed by atoms with E-state index in [1.807, 2.05) is 18.2 Å². The number of fused-ring (bicyclic) bond motifs is 1. The molecule has 2 aliphatic heterocycles. The Bertz CT molecular complexity index is 941. The topological polar surface area (TPSA) is 88.6 Å². The summed E-state index contributed by atoms with van der Waals surface area (Å²) >= 11 is 0. The van der Waals surface area contributed by atoms with Gasteiger partial charge in [-0.3, -0.25) is 9.78 Å². The summed E-state index contributed by atoms with van der Waals surface area (Å²) in [6, 6.07) is 8.83. The van der Waals surface area contributed by atoms with Crippen molar-refractivity contribution in [3.05, 3.63) is 53.9 Å². The number of anilines is 1. The molecule has 1 saturated heterocycles. The van der Waals surface area contributed by atoms with E-state index in [0.29, 0.717) is 25.3 Å². The number of amides is 1. The Hall–Kier alpha value is -2.29. The highest BCUT2D eigenvalue weighted by molar-refractivity contribution is 7.89. The number of hydrogen-bond donors (Lipinski definition) is 1. The summed E-state index contributed by atoms with van der Waals surface area (Å²) in [5.74, 6) is -0.150. The zero-order chi connectivity index (χ0) is 18.9. The minimum absolute atomic E-state index is 0.150. The number of aromatic nitrogens is 1. The fourth-order valence-corrected chi connectivity index (χ4v) is 4.85. The van der Waals surface area contributed by atoms with Crippen LogP contribution in [0.3, 0.4) is 0 Å². The van der Waals surface area contributed by atoms with Crippen LogP contribution in [0.15, 0.2) is 47.6 Å². The van der Waals surface area contributed by atoms with Crippen molar-refractivity contribution in [3.8, 4) is 0 Å². The summed E-state index contributed by atoms with van der Waals surface area (Å²) < 4.78 is 32.5. The molecule has 1 aromatic carbocycles. The SMILES string of the molecule is O=C(Nc1ccc2c(c1)CN(S(=O)(=O)c1cccnc1)CC2)[C@@H]1CCCO1. The van der Waals surface area contributed by atoms with E-state index in [9.17, 15) is 13.2 Å². The van der Waals surface area contributed by atoms with Crippen molar-refractivity contribution in [1.29, 1.82) is 0 Å². The van der Waals surface area contributed by atoms with Crippen LogP contribution in [0, 0.1) is 0 Å². The minimum atomic E-state index is -3.59. The molecule has 7 nitrogen and oxygen atoms in total. The molecule has 3 heterocycles. The lowest BCUT2D eigenvalue weighted by Crippen LogP contribution is -2.36. The van der Waals surface area contributed by atoms with Crippen LogP contribution in [0.1, 0.15) is 24.0 Å². The third kappa shape index (κ3) is 3.73. The highest BCUT2D eigenvalue weighted by Gasteiger charge is 2.29. The van der Waals surface area contributed by atoms with Gasteiger partial charge in [-0.1, -0.05) is 6.07 Å². The summed E-state index contributed by atoms with van der Waals surface area (Å²) in [5, 5.41) is 2.88. The van der Waals surface area contributed by atoms with E-state index in [2.05, 4.69) is 10.3 Å². The van der Waals surface area contributed by atoms with E-state index in [0.717, 1.165) is 24.0 Å². The minimum Gasteiger partial charge on any atom is -0.368 e. The third-order valence-corrected chi connectivity index (χ3v) is 6.77. The quantitative estimate of drug-likeness (QED) is 0.866.